The second-order valence-corrected chi connectivity index (χ2v) is 3.60. The van der Waals surface area contributed by atoms with Gasteiger partial charge in [0.15, 0.2) is 11.5 Å². The molecule has 0 aliphatic heterocycles. The maximum atomic E-state index is 10.6. The van der Waals surface area contributed by atoms with E-state index in [4.69, 9.17) is 19.9 Å². The predicted octanol–water partition coefficient (Wildman–Crippen LogP) is 0.287. The third kappa shape index (κ3) is 3.53. The molecule has 0 spiro atoms. The van der Waals surface area contributed by atoms with Gasteiger partial charge < -0.3 is 25.3 Å². The summed E-state index contributed by atoms with van der Waals surface area (Å²) in [6, 6.07) is 3.63. The van der Waals surface area contributed by atoms with Crippen molar-refractivity contribution >= 4 is 5.91 Å². The van der Waals surface area contributed by atoms with E-state index in [-0.39, 0.29) is 6.54 Å². The molecule has 1 amide bonds. The van der Waals surface area contributed by atoms with Gasteiger partial charge in [-0.1, -0.05) is 0 Å². The molecule has 0 saturated carbocycles. The fourth-order valence-electron chi connectivity index (χ4n) is 1.57. The van der Waals surface area contributed by atoms with Crippen LogP contribution in [0.15, 0.2) is 12.1 Å². The standard InChI is InChI=1S/C12H18N2O4/c1-16-9-4-8(6-14-7-11(13)15)5-10(17-2)12(9)18-3/h4-5,14H,6-7H2,1-3H3,(H2,13,15). The Morgan fingerprint density at radius 3 is 2.11 bits per heavy atom. The molecule has 0 aromatic heterocycles. The van der Waals surface area contributed by atoms with Gasteiger partial charge >= 0.3 is 0 Å². The van der Waals surface area contributed by atoms with E-state index in [1.807, 2.05) is 12.1 Å². The Morgan fingerprint density at radius 1 is 1.17 bits per heavy atom. The summed E-state index contributed by atoms with van der Waals surface area (Å²) in [5.41, 5.74) is 5.95. The second kappa shape index (κ2) is 6.70. The first-order valence-electron chi connectivity index (χ1n) is 5.40. The maximum absolute atomic E-state index is 10.6. The molecule has 0 heterocycles. The molecular weight excluding hydrogens is 236 g/mol. The summed E-state index contributed by atoms with van der Waals surface area (Å²) in [6.45, 7) is 0.607. The lowest BCUT2D eigenvalue weighted by Gasteiger charge is -2.14. The minimum atomic E-state index is -0.401. The molecule has 0 radical (unpaired) electrons. The third-order valence-corrected chi connectivity index (χ3v) is 2.35. The molecule has 3 N–H and O–H groups in total. The van der Waals surface area contributed by atoms with Crippen LogP contribution in [0.3, 0.4) is 0 Å². The van der Waals surface area contributed by atoms with Gasteiger partial charge in [0.25, 0.3) is 0 Å². The van der Waals surface area contributed by atoms with Gasteiger partial charge in [0.2, 0.25) is 11.7 Å². The number of methoxy groups -OCH3 is 3. The van der Waals surface area contributed by atoms with Crippen molar-refractivity contribution in [2.45, 2.75) is 6.54 Å². The molecule has 6 nitrogen and oxygen atoms in total. The molecule has 18 heavy (non-hydrogen) atoms. The molecule has 0 fully saturated rings. The number of ether oxygens (including phenoxy) is 3. The van der Waals surface area contributed by atoms with E-state index in [9.17, 15) is 4.79 Å². The predicted molar refractivity (Wildman–Crippen MR) is 67.0 cm³/mol. The van der Waals surface area contributed by atoms with Gasteiger partial charge in [0.05, 0.1) is 27.9 Å². The largest absolute Gasteiger partial charge is 0.493 e. The lowest BCUT2D eigenvalue weighted by Crippen LogP contribution is -2.28. The Balaban J connectivity index is 2.89. The van der Waals surface area contributed by atoms with Crippen molar-refractivity contribution in [2.75, 3.05) is 27.9 Å². The zero-order valence-electron chi connectivity index (χ0n) is 10.8. The zero-order chi connectivity index (χ0) is 13.5. The van der Waals surface area contributed by atoms with Gasteiger partial charge in [-0.25, -0.2) is 0 Å². The molecule has 6 heteroatoms. The smallest absolute Gasteiger partial charge is 0.231 e. The average molecular weight is 254 g/mol. The first-order chi connectivity index (χ1) is 8.62. The van der Waals surface area contributed by atoms with Crippen LogP contribution in [0, 0.1) is 0 Å². The van der Waals surface area contributed by atoms with Crippen molar-refractivity contribution in [3.63, 3.8) is 0 Å². The van der Waals surface area contributed by atoms with Crippen molar-refractivity contribution in [2.24, 2.45) is 5.73 Å². The van der Waals surface area contributed by atoms with Crippen LogP contribution in [-0.4, -0.2) is 33.8 Å². The molecule has 0 atom stereocenters. The lowest BCUT2D eigenvalue weighted by atomic mass is 10.2. The summed E-state index contributed by atoms with van der Waals surface area (Å²) in [7, 11) is 4.65. The number of benzene rings is 1. The highest BCUT2D eigenvalue weighted by Crippen LogP contribution is 2.38. The Morgan fingerprint density at radius 2 is 1.72 bits per heavy atom. The Hall–Kier alpha value is -1.95. The van der Waals surface area contributed by atoms with Crippen molar-refractivity contribution in [1.82, 2.24) is 5.32 Å². The maximum Gasteiger partial charge on any atom is 0.231 e. The highest BCUT2D eigenvalue weighted by atomic mass is 16.5. The average Bonchev–Trinajstić information content (AvgIpc) is 2.36. The number of hydrogen-bond donors (Lipinski definition) is 2. The van der Waals surface area contributed by atoms with Crippen molar-refractivity contribution in [3.05, 3.63) is 17.7 Å². The van der Waals surface area contributed by atoms with Gasteiger partial charge in [-0.15, -0.1) is 0 Å². The van der Waals surface area contributed by atoms with E-state index in [1.54, 1.807) is 21.3 Å². The summed E-state index contributed by atoms with van der Waals surface area (Å²) >= 11 is 0. The molecule has 1 aromatic carbocycles. The van der Waals surface area contributed by atoms with E-state index in [1.165, 1.54) is 0 Å². The number of rotatable bonds is 7. The van der Waals surface area contributed by atoms with Crippen LogP contribution in [0.1, 0.15) is 5.56 Å². The number of primary amides is 1. The number of nitrogens with two attached hydrogens (primary N) is 1. The highest BCUT2D eigenvalue weighted by Gasteiger charge is 2.12. The van der Waals surface area contributed by atoms with Crippen LogP contribution in [0.4, 0.5) is 0 Å². The van der Waals surface area contributed by atoms with Crippen molar-refractivity contribution < 1.29 is 19.0 Å². The molecule has 0 aliphatic rings. The number of hydrogen-bond acceptors (Lipinski definition) is 5. The van der Waals surface area contributed by atoms with E-state index in [0.717, 1.165) is 5.56 Å². The van der Waals surface area contributed by atoms with Crippen LogP contribution in [0.2, 0.25) is 0 Å². The molecule has 100 valence electrons. The van der Waals surface area contributed by atoms with Gasteiger partial charge in [-0.3, -0.25) is 4.79 Å². The molecule has 1 rings (SSSR count). The summed E-state index contributed by atoms with van der Waals surface area (Å²) in [6.07, 6.45) is 0. The number of amides is 1. The third-order valence-electron chi connectivity index (χ3n) is 2.35. The number of nitrogens with one attached hydrogen (secondary N) is 1. The molecule has 0 aliphatic carbocycles. The van der Waals surface area contributed by atoms with Gasteiger partial charge in [-0.05, 0) is 17.7 Å². The first kappa shape index (κ1) is 14.1. The quantitative estimate of drug-likeness (QED) is 0.730. The highest BCUT2D eigenvalue weighted by molar-refractivity contribution is 5.75. The summed E-state index contributed by atoms with van der Waals surface area (Å²) in [5.74, 6) is 1.29. The van der Waals surface area contributed by atoms with E-state index < -0.39 is 5.91 Å². The topological polar surface area (TPSA) is 82.8 Å². The minimum Gasteiger partial charge on any atom is -0.493 e. The van der Waals surface area contributed by atoms with Gasteiger partial charge in [0.1, 0.15) is 0 Å². The van der Waals surface area contributed by atoms with E-state index >= 15 is 0 Å². The van der Waals surface area contributed by atoms with Crippen LogP contribution in [0.25, 0.3) is 0 Å². The zero-order valence-corrected chi connectivity index (χ0v) is 10.8. The normalized spacial score (nSPS) is 9.94. The minimum absolute atomic E-state index is 0.122. The Labute approximate surface area is 106 Å². The molecule has 0 unspecified atom stereocenters. The molecule has 1 aromatic rings. The Bertz CT molecular complexity index is 396. The summed E-state index contributed by atoms with van der Waals surface area (Å²) < 4.78 is 15.7. The number of carbonyl (C=O) groups excluding carboxylic acids is 1. The second-order valence-electron chi connectivity index (χ2n) is 3.60. The molecule has 0 saturated heterocycles. The Kier molecular flexibility index (Phi) is 5.26. The van der Waals surface area contributed by atoms with Crippen LogP contribution < -0.4 is 25.3 Å². The first-order valence-corrected chi connectivity index (χ1v) is 5.40. The number of carbonyl (C=O) groups is 1. The van der Waals surface area contributed by atoms with E-state index in [0.29, 0.717) is 23.8 Å². The molecule has 0 bridgehead atoms. The van der Waals surface area contributed by atoms with Gasteiger partial charge in [0, 0.05) is 6.54 Å². The van der Waals surface area contributed by atoms with E-state index in [2.05, 4.69) is 5.32 Å². The monoisotopic (exact) mass is 254 g/mol. The van der Waals surface area contributed by atoms with Crippen LogP contribution in [0.5, 0.6) is 17.2 Å². The van der Waals surface area contributed by atoms with Crippen LogP contribution in [-0.2, 0) is 11.3 Å². The summed E-state index contributed by atoms with van der Waals surface area (Å²) in [5, 5.41) is 2.91. The summed E-state index contributed by atoms with van der Waals surface area (Å²) in [4.78, 5) is 10.6. The van der Waals surface area contributed by atoms with Crippen molar-refractivity contribution in [1.29, 1.82) is 0 Å². The van der Waals surface area contributed by atoms with Gasteiger partial charge in [-0.2, -0.15) is 0 Å². The SMILES string of the molecule is COc1cc(CNCC(N)=O)cc(OC)c1OC. The van der Waals surface area contributed by atoms with Crippen molar-refractivity contribution in [3.8, 4) is 17.2 Å². The fourth-order valence-corrected chi connectivity index (χ4v) is 1.57. The fraction of sp³-hybridized carbons (Fsp3) is 0.417. The molecular formula is C12H18N2O4. The van der Waals surface area contributed by atoms with Crippen LogP contribution >= 0.6 is 0 Å². The lowest BCUT2D eigenvalue weighted by molar-refractivity contribution is -0.117.